The third-order valence-corrected chi connectivity index (χ3v) is 4.22. The molecule has 0 radical (unpaired) electrons. The predicted octanol–water partition coefficient (Wildman–Crippen LogP) is 3.24. The van der Waals surface area contributed by atoms with E-state index in [9.17, 15) is 22.8 Å². The van der Waals surface area contributed by atoms with Crippen LogP contribution in [0.15, 0.2) is 58.1 Å². The van der Waals surface area contributed by atoms with Gasteiger partial charge in [0.05, 0.1) is 12.8 Å². The molecule has 0 saturated carbocycles. The van der Waals surface area contributed by atoms with Crippen molar-refractivity contribution >= 4 is 17.6 Å². The number of nitrogens with zero attached hydrogens (tertiary/aromatic N) is 2. The molecule has 1 aliphatic heterocycles. The van der Waals surface area contributed by atoms with Crippen molar-refractivity contribution in [2.45, 2.75) is 38.1 Å². The minimum Gasteiger partial charge on any atom is -0.467 e. The lowest BCUT2D eigenvalue weighted by Crippen LogP contribution is -2.63. The maximum absolute atomic E-state index is 14.0. The van der Waals surface area contributed by atoms with E-state index in [2.05, 4.69) is 4.99 Å². The molecule has 6 nitrogen and oxygen atoms in total. The standard InChI is InChI=1S/C19H18F3N3O3/c1-2-7-15(26)23-18(19(20,21)22)17(27)25(12-14-10-6-11-28-14)16(24-18)13-8-4-3-5-9-13/h3-6,8-11H,2,7,12H2,1H3,(H,23,26). The smallest absolute Gasteiger partial charge is 0.442 e. The first-order valence-corrected chi connectivity index (χ1v) is 8.66. The van der Waals surface area contributed by atoms with Crippen molar-refractivity contribution in [1.82, 2.24) is 10.2 Å². The number of hydrogen-bond acceptors (Lipinski definition) is 4. The number of carbonyl (C=O) groups excluding carboxylic acids is 2. The van der Waals surface area contributed by atoms with Crippen LogP contribution in [0.1, 0.15) is 31.1 Å². The molecule has 0 fully saturated rings. The SMILES string of the molecule is CCCC(=O)NC1(C(F)(F)F)N=C(c2ccccc2)N(Cc2ccco2)C1=O. The highest BCUT2D eigenvalue weighted by atomic mass is 19.4. The monoisotopic (exact) mass is 393 g/mol. The quantitative estimate of drug-likeness (QED) is 0.819. The molecular formula is C19H18F3N3O3. The molecule has 1 aromatic heterocycles. The van der Waals surface area contributed by atoms with Crippen molar-refractivity contribution < 1.29 is 27.2 Å². The van der Waals surface area contributed by atoms with E-state index in [4.69, 9.17) is 4.42 Å². The van der Waals surface area contributed by atoms with Gasteiger partial charge in [0.15, 0.2) is 0 Å². The van der Waals surface area contributed by atoms with Crippen LogP contribution in [-0.4, -0.2) is 34.4 Å². The molecule has 2 amide bonds. The Hall–Kier alpha value is -3.10. The van der Waals surface area contributed by atoms with Gasteiger partial charge in [0.25, 0.3) is 5.91 Å². The molecule has 2 aromatic rings. The van der Waals surface area contributed by atoms with Gasteiger partial charge in [-0.3, -0.25) is 14.5 Å². The van der Waals surface area contributed by atoms with Crippen LogP contribution in [0.5, 0.6) is 0 Å². The Morgan fingerprint density at radius 2 is 1.93 bits per heavy atom. The molecule has 1 unspecified atom stereocenters. The molecule has 0 aliphatic carbocycles. The highest BCUT2D eigenvalue weighted by Crippen LogP contribution is 2.39. The summed E-state index contributed by atoms with van der Waals surface area (Å²) in [5, 5.41) is 1.82. The second-order valence-electron chi connectivity index (χ2n) is 6.28. The Morgan fingerprint density at radius 1 is 1.21 bits per heavy atom. The van der Waals surface area contributed by atoms with Gasteiger partial charge in [-0.25, -0.2) is 4.99 Å². The summed E-state index contributed by atoms with van der Waals surface area (Å²) in [5.74, 6) is -2.17. The zero-order valence-corrected chi connectivity index (χ0v) is 15.0. The fourth-order valence-electron chi connectivity index (χ4n) is 2.90. The number of benzene rings is 1. The molecular weight excluding hydrogens is 375 g/mol. The lowest BCUT2D eigenvalue weighted by Gasteiger charge is -2.29. The number of halogens is 3. The van der Waals surface area contributed by atoms with Crippen molar-refractivity contribution in [1.29, 1.82) is 0 Å². The maximum Gasteiger partial charge on any atom is 0.442 e. The molecule has 28 heavy (non-hydrogen) atoms. The average Bonchev–Trinajstić information content (AvgIpc) is 3.25. The van der Waals surface area contributed by atoms with E-state index < -0.39 is 23.7 Å². The van der Waals surface area contributed by atoms with Crippen LogP contribution in [0.4, 0.5) is 13.2 Å². The lowest BCUT2D eigenvalue weighted by atomic mass is 10.1. The summed E-state index contributed by atoms with van der Waals surface area (Å²) in [6.45, 7) is 1.40. The Bertz CT molecular complexity index is 879. The number of rotatable bonds is 6. The molecule has 3 rings (SSSR count). The molecule has 1 atom stereocenters. The van der Waals surface area contributed by atoms with E-state index in [1.54, 1.807) is 49.4 Å². The number of hydrogen-bond donors (Lipinski definition) is 1. The van der Waals surface area contributed by atoms with Crippen molar-refractivity contribution in [2.75, 3.05) is 0 Å². The van der Waals surface area contributed by atoms with Crippen LogP contribution < -0.4 is 5.32 Å². The van der Waals surface area contributed by atoms with Crippen molar-refractivity contribution in [3.63, 3.8) is 0 Å². The Balaban J connectivity index is 2.10. The third-order valence-electron chi connectivity index (χ3n) is 4.22. The first kappa shape index (κ1) is 19.7. The number of alkyl halides is 3. The average molecular weight is 393 g/mol. The fourth-order valence-corrected chi connectivity index (χ4v) is 2.90. The molecule has 0 saturated heterocycles. The number of aliphatic imine (C=N–C) groups is 1. The van der Waals surface area contributed by atoms with Crippen molar-refractivity contribution in [3.05, 3.63) is 60.1 Å². The summed E-state index contributed by atoms with van der Waals surface area (Å²) < 4.78 is 47.2. The van der Waals surface area contributed by atoms with Crippen LogP contribution in [0, 0.1) is 0 Å². The summed E-state index contributed by atoms with van der Waals surface area (Å²) in [5.41, 5.74) is -3.05. The van der Waals surface area contributed by atoms with Gasteiger partial charge in [-0.2, -0.15) is 13.2 Å². The van der Waals surface area contributed by atoms with Gasteiger partial charge in [-0.15, -0.1) is 0 Å². The predicted molar refractivity (Wildman–Crippen MR) is 94.1 cm³/mol. The summed E-state index contributed by atoms with van der Waals surface area (Å²) in [6.07, 6.45) is -3.58. The minimum absolute atomic E-state index is 0.153. The van der Waals surface area contributed by atoms with E-state index in [1.807, 2.05) is 5.32 Å². The van der Waals surface area contributed by atoms with E-state index in [0.29, 0.717) is 12.0 Å². The first-order chi connectivity index (χ1) is 13.3. The second kappa shape index (κ2) is 7.49. The Labute approximate surface area is 159 Å². The lowest BCUT2D eigenvalue weighted by molar-refractivity contribution is -0.200. The molecule has 1 N–H and O–H groups in total. The molecule has 1 aromatic carbocycles. The molecule has 148 valence electrons. The van der Waals surface area contributed by atoms with Crippen LogP contribution >= 0.6 is 0 Å². The van der Waals surface area contributed by atoms with Gasteiger partial charge in [0.1, 0.15) is 11.6 Å². The summed E-state index contributed by atoms with van der Waals surface area (Å²) in [7, 11) is 0. The number of furan rings is 1. The van der Waals surface area contributed by atoms with Crippen molar-refractivity contribution in [3.8, 4) is 0 Å². The van der Waals surface area contributed by atoms with Gasteiger partial charge in [-0.1, -0.05) is 37.3 Å². The zero-order chi connectivity index (χ0) is 20.4. The van der Waals surface area contributed by atoms with Gasteiger partial charge in [0, 0.05) is 12.0 Å². The van der Waals surface area contributed by atoms with Crippen molar-refractivity contribution in [2.24, 2.45) is 4.99 Å². The van der Waals surface area contributed by atoms with Gasteiger partial charge >= 0.3 is 11.8 Å². The Kier molecular flexibility index (Phi) is 5.26. The van der Waals surface area contributed by atoms with Gasteiger partial charge in [0.2, 0.25) is 5.91 Å². The molecule has 1 aliphatic rings. The molecule has 2 heterocycles. The number of amides is 2. The largest absolute Gasteiger partial charge is 0.467 e. The number of carbonyl (C=O) groups is 2. The highest BCUT2D eigenvalue weighted by Gasteiger charge is 2.67. The maximum atomic E-state index is 14.0. The zero-order valence-electron chi connectivity index (χ0n) is 15.0. The van der Waals surface area contributed by atoms with Gasteiger partial charge < -0.3 is 9.73 Å². The van der Waals surface area contributed by atoms with Crippen LogP contribution in [-0.2, 0) is 16.1 Å². The number of amidine groups is 1. The number of nitrogens with one attached hydrogen (secondary N) is 1. The topological polar surface area (TPSA) is 74.9 Å². The third kappa shape index (κ3) is 3.51. The molecule has 0 bridgehead atoms. The molecule has 9 heteroatoms. The van der Waals surface area contributed by atoms with E-state index >= 15 is 0 Å². The summed E-state index contributed by atoms with van der Waals surface area (Å²) >= 11 is 0. The molecule has 0 spiro atoms. The summed E-state index contributed by atoms with van der Waals surface area (Å²) in [6, 6.07) is 11.1. The van der Waals surface area contributed by atoms with Gasteiger partial charge in [-0.05, 0) is 18.6 Å². The fraction of sp³-hybridized carbons (Fsp3) is 0.316. The minimum atomic E-state index is -5.12. The highest BCUT2D eigenvalue weighted by molar-refractivity contribution is 6.16. The van der Waals surface area contributed by atoms with Crippen LogP contribution in [0.3, 0.4) is 0 Å². The Morgan fingerprint density at radius 3 is 2.50 bits per heavy atom. The van der Waals surface area contributed by atoms with Crippen LogP contribution in [0.2, 0.25) is 0 Å². The van der Waals surface area contributed by atoms with E-state index in [-0.39, 0.29) is 24.6 Å². The first-order valence-electron chi connectivity index (χ1n) is 8.66. The van der Waals surface area contributed by atoms with Crippen LogP contribution in [0.25, 0.3) is 0 Å². The van der Waals surface area contributed by atoms with E-state index in [0.717, 1.165) is 4.90 Å². The normalized spacial score (nSPS) is 19.6. The van der Waals surface area contributed by atoms with E-state index in [1.165, 1.54) is 6.26 Å². The second-order valence-corrected chi connectivity index (χ2v) is 6.28. The summed E-state index contributed by atoms with van der Waals surface area (Å²) in [4.78, 5) is 29.6.